The summed E-state index contributed by atoms with van der Waals surface area (Å²) in [7, 11) is 0. The number of carbonyl (C=O) groups is 2. The Morgan fingerprint density at radius 2 is 1.70 bits per heavy atom. The molecule has 0 heterocycles. The highest BCUT2D eigenvalue weighted by atomic mass is 16.4. The third-order valence-corrected chi connectivity index (χ3v) is 4.42. The molecule has 1 aromatic carbocycles. The van der Waals surface area contributed by atoms with Crippen LogP contribution in [0, 0.1) is 11.8 Å². The van der Waals surface area contributed by atoms with Gasteiger partial charge in [-0.05, 0) is 42.5 Å². The molecule has 1 aromatic rings. The summed E-state index contributed by atoms with van der Waals surface area (Å²) in [4.78, 5) is 23.0. The van der Waals surface area contributed by atoms with Crippen LogP contribution in [0.4, 0.5) is 0 Å². The maximum absolute atomic E-state index is 12.2. The molecule has 3 unspecified atom stereocenters. The second-order valence-corrected chi connectivity index (χ2v) is 5.73. The lowest BCUT2D eigenvalue weighted by atomic mass is 9.78. The second kappa shape index (κ2) is 6.07. The molecule has 1 fully saturated rings. The van der Waals surface area contributed by atoms with Gasteiger partial charge in [0.1, 0.15) is 0 Å². The summed E-state index contributed by atoms with van der Waals surface area (Å²) in [5, 5.41) is 11.9. The highest BCUT2D eigenvalue weighted by molar-refractivity contribution is 5.96. The van der Waals surface area contributed by atoms with Crippen molar-refractivity contribution in [3.05, 3.63) is 35.4 Å². The van der Waals surface area contributed by atoms with E-state index in [0.29, 0.717) is 17.4 Å². The number of carbonyl (C=O) groups excluding carboxylic acids is 1. The van der Waals surface area contributed by atoms with Gasteiger partial charge in [-0.3, -0.25) is 4.79 Å². The van der Waals surface area contributed by atoms with E-state index in [1.54, 1.807) is 12.1 Å². The van der Waals surface area contributed by atoms with E-state index in [0.717, 1.165) is 12.8 Å². The van der Waals surface area contributed by atoms with Crippen LogP contribution in [0.2, 0.25) is 0 Å². The zero-order valence-corrected chi connectivity index (χ0v) is 11.9. The number of hydrogen-bond acceptors (Lipinski definition) is 2. The van der Waals surface area contributed by atoms with Crippen LogP contribution in [0.1, 0.15) is 53.8 Å². The fourth-order valence-electron chi connectivity index (χ4n) is 2.80. The van der Waals surface area contributed by atoms with Crippen molar-refractivity contribution in [2.45, 2.75) is 39.2 Å². The molecule has 0 radical (unpaired) electrons. The van der Waals surface area contributed by atoms with Gasteiger partial charge in [0.2, 0.25) is 0 Å². The molecule has 4 heteroatoms. The van der Waals surface area contributed by atoms with Crippen molar-refractivity contribution in [1.29, 1.82) is 0 Å². The average Bonchev–Trinajstić information content (AvgIpc) is 2.44. The highest BCUT2D eigenvalue weighted by Crippen LogP contribution is 2.29. The molecular weight excluding hydrogens is 254 g/mol. The molecule has 0 spiro atoms. The Labute approximate surface area is 119 Å². The molecule has 3 atom stereocenters. The second-order valence-electron chi connectivity index (χ2n) is 5.73. The van der Waals surface area contributed by atoms with Crippen molar-refractivity contribution in [1.82, 2.24) is 5.32 Å². The first-order valence-corrected chi connectivity index (χ1v) is 7.13. The van der Waals surface area contributed by atoms with Gasteiger partial charge in [-0.1, -0.05) is 26.7 Å². The van der Waals surface area contributed by atoms with E-state index >= 15 is 0 Å². The molecule has 0 aliphatic heterocycles. The Hall–Kier alpha value is -1.84. The van der Waals surface area contributed by atoms with Gasteiger partial charge in [-0.25, -0.2) is 4.79 Å². The summed E-state index contributed by atoms with van der Waals surface area (Å²) in [6.07, 6.45) is 3.39. The first-order chi connectivity index (χ1) is 9.49. The molecule has 1 amide bonds. The predicted octanol–water partition coefficient (Wildman–Crippen LogP) is 2.94. The molecule has 20 heavy (non-hydrogen) atoms. The van der Waals surface area contributed by atoms with Gasteiger partial charge in [0.25, 0.3) is 5.91 Å². The third kappa shape index (κ3) is 3.18. The topological polar surface area (TPSA) is 66.4 Å². The average molecular weight is 275 g/mol. The van der Waals surface area contributed by atoms with Gasteiger partial charge in [0, 0.05) is 11.6 Å². The predicted molar refractivity (Wildman–Crippen MR) is 76.8 cm³/mol. The Morgan fingerprint density at radius 3 is 2.30 bits per heavy atom. The molecule has 1 saturated carbocycles. The van der Waals surface area contributed by atoms with E-state index in [1.807, 2.05) is 0 Å². The number of benzene rings is 1. The van der Waals surface area contributed by atoms with Crippen LogP contribution in [0.25, 0.3) is 0 Å². The van der Waals surface area contributed by atoms with E-state index in [1.165, 1.54) is 18.6 Å². The standard InChI is InChI=1S/C16H21NO3/c1-10-4-3-5-14(11(10)2)17-15(18)12-6-8-13(9-7-12)16(19)20/h6-11,14H,3-5H2,1-2H3,(H,17,18)(H,19,20). The lowest BCUT2D eigenvalue weighted by molar-refractivity contribution is 0.0696. The lowest BCUT2D eigenvalue weighted by Gasteiger charge is -2.34. The molecule has 0 bridgehead atoms. The van der Waals surface area contributed by atoms with Crippen LogP contribution >= 0.6 is 0 Å². The van der Waals surface area contributed by atoms with Crippen LogP contribution in [0.3, 0.4) is 0 Å². The number of rotatable bonds is 3. The number of carboxylic acid groups (broad SMARTS) is 1. The van der Waals surface area contributed by atoms with Crippen LogP contribution in [-0.4, -0.2) is 23.0 Å². The van der Waals surface area contributed by atoms with Crippen molar-refractivity contribution >= 4 is 11.9 Å². The van der Waals surface area contributed by atoms with Crippen molar-refractivity contribution in [2.24, 2.45) is 11.8 Å². The SMILES string of the molecule is CC1CCCC(NC(=O)c2ccc(C(=O)O)cc2)C1C. The minimum absolute atomic E-state index is 0.118. The number of carboxylic acids is 1. The Bertz CT molecular complexity index is 495. The van der Waals surface area contributed by atoms with Gasteiger partial charge in [0.05, 0.1) is 5.56 Å². The molecule has 108 valence electrons. The molecule has 1 aliphatic rings. The zero-order valence-electron chi connectivity index (χ0n) is 11.9. The first-order valence-electron chi connectivity index (χ1n) is 7.13. The number of nitrogens with one attached hydrogen (secondary N) is 1. The van der Waals surface area contributed by atoms with E-state index in [2.05, 4.69) is 19.2 Å². The third-order valence-electron chi connectivity index (χ3n) is 4.42. The fraction of sp³-hybridized carbons (Fsp3) is 0.500. The minimum Gasteiger partial charge on any atom is -0.478 e. The van der Waals surface area contributed by atoms with Crippen molar-refractivity contribution < 1.29 is 14.7 Å². The summed E-state index contributed by atoms with van der Waals surface area (Å²) < 4.78 is 0. The maximum Gasteiger partial charge on any atom is 0.335 e. The van der Waals surface area contributed by atoms with Gasteiger partial charge in [-0.15, -0.1) is 0 Å². The summed E-state index contributed by atoms with van der Waals surface area (Å²) in [6, 6.07) is 6.27. The van der Waals surface area contributed by atoms with Crippen molar-refractivity contribution in [2.75, 3.05) is 0 Å². The number of hydrogen-bond donors (Lipinski definition) is 2. The normalized spacial score (nSPS) is 26.0. The Balaban J connectivity index is 2.02. The smallest absolute Gasteiger partial charge is 0.335 e. The monoisotopic (exact) mass is 275 g/mol. The van der Waals surface area contributed by atoms with Crippen LogP contribution in [-0.2, 0) is 0 Å². The summed E-state index contributed by atoms with van der Waals surface area (Å²) >= 11 is 0. The number of aromatic carboxylic acids is 1. The molecule has 1 aliphatic carbocycles. The number of amides is 1. The highest BCUT2D eigenvalue weighted by Gasteiger charge is 2.28. The van der Waals surface area contributed by atoms with Gasteiger partial charge >= 0.3 is 5.97 Å². The Morgan fingerprint density at radius 1 is 1.10 bits per heavy atom. The fourth-order valence-corrected chi connectivity index (χ4v) is 2.80. The van der Waals surface area contributed by atoms with Crippen molar-refractivity contribution in [3.63, 3.8) is 0 Å². The van der Waals surface area contributed by atoms with Gasteiger partial charge in [0.15, 0.2) is 0 Å². The zero-order chi connectivity index (χ0) is 14.7. The van der Waals surface area contributed by atoms with Crippen molar-refractivity contribution in [3.8, 4) is 0 Å². The molecule has 0 saturated heterocycles. The van der Waals surface area contributed by atoms with E-state index in [-0.39, 0.29) is 17.5 Å². The molecule has 2 rings (SSSR count). The maximum atomic E-state index is 12.2. The molecule has 2 N–H and O–H groups in total. The van der Waals surface area contributed by atoms with Crippen LogP contribution in [0.5, 0.6) is 0 Å². The van der Waals surface area contributed by atoms with E-state index in [9.17, 15) is 9.59 Å². The lowest BCUT2D eigenvalue weighted by Crippen LogP contribution is -2.43. The largest absolute Gasteiger partial charge is 0.478 e. The summed E-state index contributed by atoms with van der Waals surface area (Å²) in [6.45, 7) is 4.41. The van der Waals surface area contributed by atoms with Crippen LogP contribution in [0.15, 0.2) is 24.3 Å². The Kier molecular flexibility index (Phi) is 4.42. The van der Waals surface area contributed by atoms with Gasteiger partial charge < -0.3 is 10.4 Å². The van der Waals surface area contributed by atoms with Gasteiger partial charge in [-0.2, -0.15) is 0 Å². The van der Waals surface area contributed by atoms with Crippen LogP contribution < -0.4 is 5.32 Å². The molecule has 4 nitrogen and oxygen atoms in total. The summed E-state index contributed by atoms with van der Waals surface area (Å²) in [5.41, 5.74) is 0.710. The molecular formula is C16H21NO3. The first kappa shape index (κ1) is 14.6. The molecule has 0 aromatic heterocycles. The quantitative estimate of drug-likeness (QED) is 0.891. The summed E-state index contributed by atoms with van der Waals surface area (Å²) in [5.74, 6) is 0.00834. The van der Waals surface area contributed by atoms with E-state index in [4.69, 9.17) is 5.11 Å². The minimum atomic E-state index is -0.980. The van der Waals surface area contributed by atoms with E-state index < -0.39 is 5.97 Å².